The highest BCUT2D eigenvalue weighted by atomic mass is 19.1. The molecule has 1 aromatic rings. The lowest BCUT2D eigenvalue weighted by atomic mass is 10.2. The maximum atomic E-state index is 13.1. The fraction of sp³-hybridized carbons (Fsp3) is 0. The van der Waals surface area contributed by atoms with E-state index in [-0.39, 0.29) is 23.2 Å². The van der Waals surface area contributed by atoms with Gasteiger partial charge in [-0.2, -0.15) is 4.99 Å². The summed E-state index contributed by atoms with van der Waals surface area (Å²) in [5.74, 6) is -1.98. The Morgan fingerprint density at radius 3 is 2.29 bits per heavy atom. The van der Waals surface area contributed by atoms with Gasteiger partial charge in [0.2, 0.25) is 11.9 Å². The molecule has 0 radical (unpaired) electrons. The van der Waals surface area contributed by atoms with Crippen molar-refractivity contribution in [1.82, 2.24) is 0 Å². The van der Waals surface area contributed by atoms with Crippen LogP contribution in [-0.2, 0) is 0 Å². The molecular weight excluding hydrogens is 227 g/mol. The van der Waals surface area contributed by atoms with Gasteiger partial charge in [0.25, 0.3) is 0 Å². The summed E-state index contributed by atoms with van der Waals surface area (Å²) in [5, 5.41) is 0. The minimum atomic E-state index is -0.777. The van der Waals surface area contributed by atoms with Crippen molar-refractivity contribution in [3.05, 3.63) is 29.6 Å². The molecule has 7 nitrogen and oxygen atoms in total. The molecule has 0 spiro atoms. The summed E-state index contributed by atoms with van der Waals surface area (Å²) >= 11 is 0. The van der Waals surface area contributed by atoms with Crippen molar-refractivity contribution in [2.24, 2.45) is 32.9 Å². The van der Waals surface area contributed by atoms with Crippen LogP contribution in [0.5, 0.6) is 0 Å². The third kappa shape index (κ3) is 3.78. The number of aliphatic imine (C=N–C) groups is 2. The Hall–Kier alpha value is -2.64. The number of hydrogen-bond acceptors (Lipinski definition) is 2. The summed E-state index contributed by atoms with van der Waals surface area (Å²) in [6.07, 6.45) is 0. The average molecular weight is 238 g/mol. The minimum Gasteiger partial charge on any atom is -0.370 e. The number of primary amides is 1. The Kier molecular flexibility index (Phi) is 3.60. The predicted molar refractivity (Wildman–Crippen MR) is 62.0 cm³/mol. The first kappa shape index (κ1) is 12.4. The fourth-order valence-corrected chi connectivity index (χ4v) is 1.07. The number of nitrogens with two attached hydrogens (primary N) is 4. The predicted octanol–water partition coefficient (Wildman–Crippen LogP) is -0.856. The standard InChI is InChI=1S/C9H11FN6O/c10-5-1-4(7(11)17)2-6(3-5)15-9(14)16-8(12)13/h1-3H,(H2,11,17)(H6,12,13,14,15,16). The summed E-state index contributed by atoms with van der Waals surface area (Å²) in [6.45, 7) is 0. The Bertz CT molecular complexity index is 506. The zero-order chi connectivity index (χ0) is 13.0. The highest BCUT2D eigenvalue weighted by Crippen LogP contribution is 2.16. The number of nitrogens with zero attached hydrogens (tertiary/aromatic N) is 2. The molecule has 8 N–H and O–H groups in total. The van der Waals surface area contributed by atoms with Crippen molar-refractivity contribution in [2.45, 2.75) is 0 Å². The fourth-order valence-electron chi connectivity index (χ4n) is 1.07. The monoisotopic (exact) mass is 238 g/mol. The number of hydrogen-bond donors (Lipinski definition) is 4. The van der Waals surface area contributed by atoms with Gasteiger partial charge in [-0.1, -0.05) is 0 Å². The van der Waals surface area contributed by atoms with Gasteiger partial charge >= 0.3 is 0 Å². The second-order valence-corrected chi connectivity index (χ2v) is 3.07. The SMILES string of the molecule is NC(=O)c1cc(F)cc(N=C(N)N=C(N)N)c1. The molecule has 0 saturated heterocycles. The Morgan fingerprint density at radius 2 is 1.76 bits per heavy atom. The molecule has 8 heteroatoms. The Balaban J connectivity index is 3.15. The van der Waals surface area contributed by atoms with Crippen molar-refractivity contribution >= 4 is 23.5 Å². The first-order valence-electron chi connectivity index (χ1n) is 4.42. The van der Waals surface area contributed by atoms with E-state index in [1.54, 1.807) is 0 Å². The molecule has 1 aromatic carbocycles. The number of guanidine groups is 2. The summed E-state index contributed by atoms with van der Waals surface area (Å²) in [7, 11) is 0. The van der Waals surface area contributed by atoms with Crippen molar-refractivity contribution in [2.75, 3.05) is 0 Å². The van der Waals surface area contributed by atoms with Crippen molar-refractivity contribution in [1.29, 1.82) is 0 Å². The molecule has 0 atom stereocenters. The van der Waals surface area contributed by atoms with Gasteiger partial charge in [0, 0.05) is 5.56 Å². The summed E-state index contributed by atoms with van der Waals surface area (Å²) < 4.78 is 13.1. The first-order valence-corrected chi connectivity index (χ1v) is 4.42. The molecule has 17 heavy (non-hydrogen) atoms. The number of carbonyl (C=O) groups is 1. The van der Waals surface area contributed by atoms with Crippen LogP contribution in [0, 0.1) is 5.82 Å². The maximum Gasteiger partial charge on any atom is 0.248 e. The second-order valence-electron chi connectivity index (χ2n) is 3.07. The van der Waals surface area contributed by atoms with Gasteiger partial charge in [-0.15, -0.1) is 0 Å². The molecule has 0 bridgehead atoms. The van der Waals surface area contributed by atoms with E-state index in [1.165, 1.54) is 6.07 Å². The van der Waals surface area contributed by atoms with Crippen molar-refractivity contribution in [3.63, 3.8) is 0 Å². The Labute approximate surface area is 96.0 Å². The van der Waals surface area contributed by atoms with Crippen LogP contribution in [0.3, 0.4) is 0 Å². The van der Waals surface area contributed by atoms with Crippen LogP contribution in [0.15, 0.2) is 28.2 Å². The maximum absolute atomic E-state index is 13.1. The van der Waals surface area contributed by atoms with E-state index in [1.807, 2.05) is 0 Å². The highest BCUT2D eigenvalue weighted by molar-refractivity contribution is 5.95. The van der Waals surface area contributed by atoms with Gasteiger partial charge < -0.3 is 22.9 Å². The van der Waals surface area contributed by atoms with Crippen LogP contribution >= 0.6 is 0 Å². The zero-order valence-electron chi connectivity index (χ0n) is 8.72. The minimum absolute atomic E-state index is 0.0266. The van der Waals surface area contributed by atoms with E-state index in [4.69, 9.17) is 22.9 Å². The normalized spacial score (nSPS) is 11.0. The van der Waals surface area contributed by atoms with Gasteiger partial charge in [0.15, 0.2) is 5.96 Å². The summed E-state index contributed by atoms with van der Waals surface area (Å²) in [5.41, 5.74) is 20.6. The molecule has 0 aliphatic heterocycles. The molecule has 1 rings (SSSR count). The van der Waals surface area contributed by atoms with E-state index >= 15 is 0 Å². The molecule has 0 heterocycles. The number of benzene rings is 1. The molecule has 90 valence electrons. The van der Waals surface area contributed by atoms with E-state index in [9.17, 15) is 9.18 Å². The molecule has 0 fully saturated rings. The van der Waals surface area contributed by atoms with Crippen molar-refractivity contribution < 1.29 is 9.18 Å². The number of carbonyl (C=O) groups excluding carboxylic acids is 1. The average Bonchev–Trinajstić information content (AvgIpc) is 2.14. The molecule has 1 amide bonds. The van der Waals surface area contributed by atoms with Gasteiger partial charge in [0.1, 0.15) is 5.82 Å². The molecule has 0 aromatic heterocycles. The van der Waals surface area contributed by atoms with Crippen LogP contribution < -0.4 is 22.9 Å². The lowest BCUT2D eigenvalue weighted by Gasteiger charge is -2.00. The summed E-state index contributed by atoms with van der Waals surface area (Å²) in [6, 6.07) is 3.31. The van der Waals surface area contributed by atoms with Gasteiger partial charge in [0.05, 0.1) is 5.69 Å². The van der Waals surface area contributed by atoms with Crippen LogP contribution in [0.1, 0.15) is 10.4 Å². The van der Waals surface area contributed by atoms with Crippen LogP contribution in [0.25, 0.3) is 0 Å². The van der Waals surface area contributed by atoms with Crippen LogP contribution in [0.2, 0.25) is 0 Å². The third-order valence-corrected chi connectivity index (χ3v) is 1.65. The smallest absolute Gasteiger partial charge is 0.248 e. The molecule has 0 unspecified atom stereocenters. The number of rotatable bonds is 2. The van der Waals surface area contributed by atoms with E-state index in [0.717, 1.165) is 12.1 Å². The van der Waals surface area contributed by atoms with Crippen LogP contribution in [0.4, 0.5) is 10.1 Å². The van der Waals surface area contributed by atoms with E-state index in [2.05, 4.69) is 9.98 Å². The quantitative estimate of drug-likeness (QED) is 0.392. The first-order chi connectivity index (χ1) is 7.88. The third-order valence-electron chi connectivity index (χ3n) is 1.65. The van der Waals surface area contributed by atoms with Gasteiger partial charge in [-0.25, -0.2) is 9.38 Å². The lowest BCUT2D eigenvalue weighted by molar-refractivity contribution is 0.1000. The molecule has 0 saturated carbocycles. The van der Waals surface area contributed by atoms with Crippen LogP contribution in [-0.4, -0.2) is 17.8 Å². The molecule has 0 aliphatic carbocycles. The summed E-state index contributed by atoms with van der Waals surface area (Å²) in [4.78, 5) is 18.0. The topological polar surface area (TPSA) is 146 Å². The number of halogens is 1. The number of amides is 1. The molecule has 0 aliphatic rings. The largest absolute Gasteiger partial charge is 0.370 e. The Morgan fingerprint density at radius 1 is 1.12 bits per heavy atom. The second kappa shape index (κ2) is 4.92. The van der Waals surface area contributed by atoms with Crippen molar-refractivity contribution in [3.8, 4) is 0 Å². The lowest BCUT2D eigenvalue weighted by Crippen LogP contribution is -2.26. The van der Waals surface area contributed by atoms with Gasteiger partial charge in [-0.05, 0) is 18.2 Å². The molecular formula is C9H11FN6O. The highest BCUT2D eigenvalue weighted by Gasteiger charge is 2.05. The van der Waals surface area contributed by atoms with E-state index < -0.39 is 11.7 Å². The van der Waals surface area contributed by atoms with E-state index in [0.29, 0.717) is 0 Å². The van der Waals surface area contributed by atoms with Gasteiger partial charge in [-0.3, -0.25) is 4.79 Å². The zero-order valence-corrected chi connectivity index (χ0v) is 8.72.